The molecule has 0 aliphatic heterocycles. The van der Waals surface area contributed by atoms with Crippen LogP contribution >= 0.6 is 0 Å². The van der Waals surface area contributed by atoms with Crippen molar-refractivity contribution in [1.29, 1.82) is 0 Å². The lowest BCUT2D eigenvalue weighted by molar-refractivity contribution is 0.0804. The normalized spacial score (nSPS) is 18.2. The van der Waals surface area contributed by atoms with E-state index in [4.69, 9.17) is 0 Å². The summed E-state index contributed by atoms with van der Waals surface area (Å²) in [6.45, 7) is 11.1. The third kappa shape index (κ3) is 6.42. The van der Waals surface area contributed by atoms with E-state index in [-0.39, 0.29) is 6.10 Å². The Balaban J connectivity index is 3.76. The van der Waals surface area contributed by atoms with Crippen molar-refractivity contribution in [3.8, 4) is 0 Å². The fourth-order valence-electron chi connectivity index (χ4n) is 2.16. The minimum atomic E-state index is -0.0982. The molecule has 0 aliphatic carbocycles. The molecule has 0 saturated heterocycles. The van der Waals surface area contributed by atoms with E-state index in [0.717, 1.165) is 12.8 Å². The average molecular weight is 200 g/mol. The molecule has 1 N–H and O–H groups in total. The van der Waals surface area contributed by atoms with Gasteiger partial charge in [0.1, 0.15) is 0 Å². The van der Waals surface area contributed by atoms with Crippen LogP contribution in [0.5, 0.6) is 0 Å². The van der Waals surface area contributed by atoms with Crippen molar-refractivity contribution in [2.24, 2.45) is 17.8 Å². The second kappa shape index (κ2) is 7.28. The van der Waals surface area contributed by atoms with E-state index in [1.54, 1.807) is 0 Å². The van der Waals surface area contributed by atoms with E-state index in [9.17, 15) is 5.11 Å². The van der Waals surface area contributed by atoms with Crippen LogP contribution < -0.4 is 0 Å². The van der Waals surface area contributed by atoms with Crippen LogP contribution in [0.3, 0.4) is 0 Å². The predicted octanol–water partition coefficient (Wildman–Crippen LogP) is 3.86. The Morgan fingerprint density at radius 1 is 1.00 bits per heavy atom. The summed E-state index contributed by atoms with van der Waals surface area (Å²) < 4.78 is 0. The van der Waals surface area contributed by atoms with Crippen molar-refractivity contribution in [2.45, 2.75) is 66.4 Å². The highest BCUT2D eigenvalue weighted by Gasteiger charge is 2.17. The Hall–Kier alpha value is -0.0400. The molecule has 0 spiro atoms. The van der Waals surface area contributed by atoms with Gasteiger partial charge in [-0.15, -0.1) is 0 Å². The van der Waals surface area contributed by atoms with Crippen LogP contribution in [0.15, 0.2) is 0 Å². The van der Waals surface area contributed by atoms with E-state index >= 15 is 0 Å². The van der Waals surface area contributed by atoms with Crippen molar-refractivity contribution < 1.29 is 5.11 Å². The zero-order chi connectivity index (χ0) is 11.1. The van der Waals surface area contributed by atoms with Crippen LogP contribution in [0.25, 0.3) is 0 Å². The molecule has 0 aromatic heterocycles. The molecule has 86 valence electrons. The van der Waals surface area contributed by atoms with Crippen LogP contribution in [0.1, 0.15) is 60.3 Å². The van der Waals surface area contributed by atoms with Gasteiger partial charge < -0.3 is 5.11 Å². The van der Waals surface area contributed by atoms with E-state index in [2.05, 4.69) is 34.6 Å². The van der Waals surface area contributed by atoms with Crippen LogP contribution in [0.2, 0.25) is 0 Å². The second-order valence-corrected chi connectivity index (χ2v) is 5.30. The Morgan fingerprint density at radius 3 is 2.00 bits per heavy atom. The molecule has 14 heavy (non-hydrogen) atoms. The van der Waals surface area contributed by atoms with Gasteiger partial charge in [0, 0.05) is 0 Å². The van der Waals surface area contributed by atoms with E-state index < -0.39 is 0 Å². The lowest BCUT2D eigenvalue weighted by Gasteiger charge is -2.23. The molecule has 0 bridgehead atoms. The smallest absolute Gasteiger partial charge is 0.0568 e. The fraction of sp³-hybridized carbons (Fsp3) is 1.00. The Labute approximate surface area is 89.9 Å². The third-order valence-corrected chi connectivity index (χ3v) is 2.93. The zero-order valence-electron chi connectivity index (χ0n) is 10.6. The number of aliphatic hydroxyl groups excluding tert-OH is 1. The van der Waals surface area contributed by atoms with Gasteiger partial charge in [-0.3, -0.25) is 0 Å². The molecule has 1 heteroatoms. The average Bonchev–Trinajstić information content (AvgIpc) is 2.02. The molecule has 3 atom stereocenters. The van der Waals surface area contributed by atoms with Crippen molar-refractivity contribution in [3.05, 3.63) is 0 Å². The fourth-order valence-corrected chi connectivity index (χ4v) is 2.16. The second-order valence-electron chi connectivity index (χ2n) is 5.30. The molecular formula is C13H28O. The van der Waals surface area contributed by atoms with Gasteiger partial charge in [-0.25, -0.2) is 0 Å². The molecule has 0 amide bonds. The van der Waals surface area contributed by atoms with Crippen LogP contribution in [0, 0.1) is 17.8 Å². The molecule has 1 nitrogen and oxygen atoms in total. The van der Waals surface area contributed by atoms with Crippen LogP contribution in [-0.2, 0) is 0 Å². The van der Waals surface area contributed by atoms with Gasteiger partial charge in [0.15, 0.2) is 0 Å². The lowest BCUT2D eigenvalue weighted by Crippen LogP contribution is -2.21. The molecule has 0 aromatic carbocycles. The number of rotatable bonds is 7. The van der Waals surface area contributed by atoms with Gasteiger partial charge in [-0.2, -0.15) is 0 Å². The van der Waals surface area contributed by atoms with Crippen molar-refractivity contribution in [3.63, 3.8) is 0 Å². The minimum absolute atomic E-state index is 0.0982. The van der Waals surface area contributed by atoms with Crippen LogP contribution in [0.4, 0.5) is 0 Å². The van der Waals surface area contributed by atoms with Gasteiger partial charge in [0.2, 0.25) is 0 Å². The molecule has 0 saturated carbocycles. The summed E-state index contributed by atoms with van der Waals surface area (Å²) in [6.07, 6.45) is 4.48. The number of aliphatic hydroxyl groups is 1. The van der Waals surface area contributed by atoms with E-state index in [0.29, 0.717) is 17.8 Å². The highest BCUT2D eigenvalue weighted by molar-refractivity contribution is 4.69. The first kappa shape index (κ1) is 14.0. The van der Waals surface area contributed by atoms with Crippen molar-refractivity contribution in [2.75, 3.05) is 0 Å². The molecular weight excluding hydrogens is 172 g/mol. The predicted molar refractivity (Wildman–Crippen MR) is 63.3 cm³/mol. The quantitative estimate of drug-likeness (QED) is 0.661. The maximum atomic E-state index is 9.96. The first-order chi connectivity index (χ1) is 6.47. The number of hydrogen-bond donors (Lipinski definition) is 1. The maximum absolute atomic E-state index is 9.96. The topological polar surface area (TPSA) is 20.2 Å². The molecule has 0 aromatic rings. The summed E-state index contributed by atoms with van der Waals surface area (Å²) in [5, 5.41) is 9.96. The first-order valence-corrected chi connectivity index (χ1v) is 6.15. The van der Waals surface area contributed by atoms with E-state index in [1.807, 2.05) is 0 Å². The molecule has 0 aliphatic rings. The molecule has 3 unspecified atom stereocenters. The monoisotopic (exact) mass is 200 g/mol. The largest absolute Gasteiger partial charge is 0.393 e. The van der Waals surface area contributed by atoms with Crippen LogP contribution in [-0.4, -0.2) is 11.2 Å². The summed E-state index contributed by atoms with van der Waals surface area (Å²) in [4.78, 5) is 0. The highest BCUT2D eigenvalue weighted by atomic mass is 16.3. The van der Waals surface area contributed by atoms with Gasteiger partial charge >= 0.3 is 0 Å². The summed E-state index contributed by atoms with van der Waals surface area (Å²) in [7, 11) is 0. The molecule has 0 heterocycles. The van der Waals surface area contributed by atoms with Gasteiger partial charge in [-0.05, 0) is 30.6 Å². The Bertz CT molecular complexity index is 131. The Morgan fingerprint density at radius 2 is 1.57 bits per heavy atom. The molecule has 0 rings (SSSR count). The van der Waals surface area contributed by atoms with Gasteiger partial charge in [-0.1, -0.05) is 47.5 Å². The third-order valence-electron chi connectivity index (χ3n) is 2.93. The SMILES string of the molecule is CCCC(C)CC(O)C(C)CC(C)C. The summed E-state index contributed by atoms with van der Waals surface area (Å²) in [5.41, 5.74) is 0. The van der Waals surface area contributed by atoms with E-state index in [1.165, 1.54) is 12.8 Å². The van der Waals surface area contributed by atoms with Gasteiger partial charge in [0.05, 0.1) is 6.10 Å². The first-order valence-electron chi connectivity index (χ1n) is 6.15. The lowest BCUT2D eigenvalue weighted by atomic mass is 9.88. The highest BCUT2D eigenvalue weighted by Crippen LogP contribution is 2.21. The maximum Gasteiger partial charge on any atom is 0.0568 e. The zero-order valence-corrected chi connectivity index (χ0v) is 10.6. The molecule has 0 fully saturated rings. The van der Waals surface area contributed by atoms with Crippen molar-refractivity contribution in [1.82, 2.24) is 0 Å². The summed E-state index contributed by atoms with van der Waals surface area (Å²) in [6, 6.07) is 0. The molecule has 0 radical (unpaired) electrons. The van der Waals surface area contributed by atoms with Gasteiger partial charge in [0.25, 0.3) is 0 Å². The minimum Gasteiger partial charge on any atom is -0.393 e. The number of hydrogen-bond acceptors (Lipinski definition) is 1. The Kier molecular flexibility index (Phi) is 7.26. The van der Waals surface area contributed by atoms with Crippen molar-refractivity contribution >= 4 is 0 Å². The summed E-state index contributed by atoms with van der Waals surface area (Å²) in [5.74, 6) is 1.82. The standard InChI is InChI=1S/C13H28O/c1-6-7-11(4)9-13(14)12(5)8-10(2)3/h10-14H,6-9H2,1-5H3. The summed E-state index contributed by atoms with van der Waals surface area (Å²) >= 11 is 0.